The molecule has 108 valence electrons. The Morgan fingerprint density at radius 3 is 2.80 bits per heavy atom. The van der Waals surface area contributed by atoms with E-state index in [1.165, 1.54) is 55.0 Å². The summed E-state index contributed by atoms with van der Waals surface area (Å²) in [6.07, 6.45) is 10.5. The molecule has 0 unspecified atom stereocenters. The maximum Gasteiger partial charge on any atom is 0.0483 e. The summed E-state index contributed by atoms with van der Waals surface area (Å²) in [5.41, 5.74) is 2.77. The first-order chi connectivity index (χ1) is 9.84. The summed E-state index contributed by atoms with van der Waals surface area (Å²) < 4.78 is 2.41. The van der Waals surface area contributed by atoms with Crippen LogP contribution in [0.25, 0.3) is 10.9 Å². The van der Waals surface area contributed by atoms with E-state index in [2.05, 4.69) is 47.3 Å². The van der Waals surface area contributed by atoms with Gasteiger partial charge in [0.1, 0.15) is 0 Å². The van der Waals surface area contributed by atoms with Crippen LogP contribution in [-0.2, 0) is 6.54 Å². The lowest BCUT2D eigenvalue weighted by molar-refractivity contribution is 0.369. The van der Waals surface area contributed by atoms with Gasteiger partial charge in [0.25, 0.3) is 0 Å². The number of hydrogen-bond donors (Lipinski definition) is 1. The van der Waals surface area contributed by atoms with Gasteiger partial charge in [0.15, 0.2) is 0 Å². The van der Waals surface area contributed by atoms with Crippen molar-refractivity contribution < 1.29 is 0 Å². The fraction of sp³-hybridized carbons (Fsp3) is 0.556. The number of rotatable bonds is 5. The Bertz CT molecular complexity index is 550. The summed E-state index contributed by atoms with van der Waals surface area (Å²) in [6, 6.07) is 9.51. The molecule has 1 aliphatic rings. The molecule has 1 aromatic heterocycles. The number of nitrogens with one attached hydrogen (secondary N) is 1. The van der Waals surface area contributed by atoms with E-state index in [1.807, 2.05) is 0 Å². The van der Waals surface area contributed by atoms with E-state index >= 15 is 0 Å². The van der Waals surface area contributed by atoms with Crippen LogP contribution in [0.1, 0.15) is 44.1 Å². The van der Waals surface area contributed by atoms with Crippen molar-refractivity contribution in [2.24, 2.45) is 0 Å². The second kappa shape index (κ2) is 6.45. The van der Waals surface area contributed by atoms with Gasteiger partial charge in [-0.1, -0.05) is 37.5 Å². The molecule has 1 N–H and O–H groups in total. The maximum atomic E-state index is 3.73. The molecule has 1 aromatic carbocycles. The summed E-state index contributed by atoms with van der Waals surface area (Å²) >= 11 is 0. The second-order valence-corrected chi connectivity index (χ2v) is 6.17. The normalized spacial score (nSPS) is 16.9. The van der Waals surface area contributed by atoms with Crippen LogP contribution in [0, 0.1) is 6.92 Å². The van der Waals surface area contributed by atoms with E-state index in [-0.39, 0.29) is 0 Å². The monoisotopic (exact) mass is 270 g/mol. The van der Waals surface area contributed by atoms with Crippen molar-refractivity contribution in [1.29, 1.82) is 0 Å². The number of benzene rings is 1. The fourth-order valence-corrected chi connectivity index (χ4v) is 3.48. The Balaban J connectivity index is 1.52. The van der Waals surface area contributed by atoms with Crippen molar-refractivity contribution in [3.05, 3.63) is 36.0 Å². The van der Waals surface area contributed by atoms with Gasteiger partial charge in [0.05, 0.1) is 0 Å². The van der Waals surface area contributed by atoms with Gasteiger partial charge in [-0.15, -0.1) is 0 Å². The quantitative estimate of drug-likeness (QED) is 0.803. The number of hydrogen-bond acceptors (Lipinski definition) is 1. The lowest BCUT2D eigenvalue weighted by Crippen LogP contribution is -2.32. The number of para-hydroxylation sites is 1. The molecule has 2 heteroatoms. The van der Waals surface area contributed by atoms with Crippen molar-refractivity contribution in [2.75, 3.05) is 6.54 Å². The SMILES string of the molecule is Cc1cn(CCCNC2CCCCC2)c2ccccc12. The zero-order valence-corrected chi connectivity index (χ0v) is 12.6. The Labute approximate surface area is 122 Å². The molecular formula is C18H26N2. The number of nitrogens with zero attached hydrogens (tertiary/aromatic N) is 1. The average molecular weight is 270 g/mol. The molecular weight excluding hydrogens is 244 g/mol. The predicted molar refractivity (Wildman–Crippen MR) is 86.2 cm³/mol. The van der Waals surface area contributed by atoms with Crippen molar-refractivity contribution >= 4 is 10.9 Å². The number of fused-ring (bicyclic) bond motifs is 1. The highest BCUT2D eigenvalue weighted by Crippen LogP contribution is 2.20. The molecule has 0 aliphatic heterocycles. The minimum Gasteiger partial charge on any atom is -0.347 e. The van der Waals surface area contributed by atoms with Gasteiger partial charge in [0, 0.05) is 29.7 Å². The van der Waals surface area contributed by atoms with Crippen LogP contribution in [-0.4, -0.2) is 17.2 Å². The van der Waals surface area contributed by atoms with E-state index in [1.54, 1.807) is 0 Å². The lowest BCUT2D eigenvalue weighted by atomic mass is 9.95. The van der Waals surface area contributed by atoms with Crippen molar-refractivity contribution in [1.82, 2.24) is 9.88 Å². The largest absolute Gasteiger partial charge is 0.347 e. The predicted octanol–water partition coefficient (Wildman–Crippen LogP) is 4.26. The topological polar surface area (TPSA) is 17.0 Å². The number of aromatic nitrogens is 1. The van der Waals surface area contributed by atoms with E-state index < -0.39 is 0 Å². The second-order valence-electron chi connectivity index (χ2n) is 6.17. The Kier molecular flexibility index (Phi) is 4.41. The molecule has 0 spiro atoms. The van der Waals surface area contributed by atoms with E-state index in [4.69, 9.17) is 0 Å². The highest BCUT2D eigenvalue weighted by Gasteiger charge is 2.11. The maximum absolute atomic E-state index is 3.73. The zero-order valence-electron chi connectivity index (χ0n) is 12.6. The minimum absolute atomic E-state index is 0.784. The van der Waals surface area contributed by atoms with Gasteiger partial charge in [-0.05, 0) is 44.4 Å². The molecule has 0 saturated heterocycles. The van der Waals surface area contributed by atoms with Crippen LogP contribution >= 0.6 is 0 Å². The molecule has 1 heterocycles. The number of aryl methyl sites for hydroxylation is 2. The Hall–Kier alpha value is -1.28. The molecule has 1 saturated carbocycles. The minimum atomic E-state index is 0.784. The van der Waals surface area contributed by atoms with E-state index in [0.717, 1.165) is 19.1 Å². The standard InChI is InChI=1S/C18H26N2/c1-15-14-20(18-11-6-5-10-17(15)18)13-7-12-19-16-8-3-2-4-9-16/h5-6,10-11,14,16,19H,2-4,7-9,12-13H2,1H3. The van der Waals surface area contributed by atoms with Gasteiger partial charge in [-0.25, -0.2) is 0 Å². The third-order valence-corrected chi connectivity index (χ3v) is 4.60. The third-order valence-electron chi connectivity index (χ3n) is 4.60. The van der Waals surface area contributed by atoms with Crippen molar-refractivity contribution in [2.45, 2.75) is 58.0 Å². The van der Waals surface area contributed by atoms with Crippen LogP contribution in [0.4, 0.5) is 0 Å². The van der Waals surface area contributed by atoms with Gasteiger partial charge in [0.2, 0.25) is 0 Å². The fourth-order valence-electron chi connectivity index (χ4n) is 3.48. The summed E-state index contributed by atoms with van der Waals surface area (Å²) in [5, 5.41) is 5.13. The molecule has 2 aromatic rings. The highest BCUT2D eigenvalue weighted by atomic mass is 15.0. The molecule has 20 heavy (non-hydrogen) atoms. The van der Waals surface area contributed by atoms with Crippen LogP contribution in [0.15, 0.2) is 30.5 Å². The van der Waals surface area contributed by atoms with Crippen LogP contribution in [0.2, 0.25) is 0 Å². The van der Waals surface area contributed by atoms with Crippen LogP contribution in [0.3, 0.4) is 0 Å². The summed E-state index contributed by atoms with van der Waals surface area (Å²) in [4.78, 5) is 0. The molecule has 0 bridgehead atoms. The first-order valence-electron chi connectivity index (χ1n) is 8.12. The molecule has 0 radical (unpaired) electrons. The smallest absolute Gasteiger partial charge is 0.0483 e. The van der Waals surface area contributed by atoms with Gasteiger partial charge >= 0.3 is 0 Å². The molecule has 1 aliphatic carbocycles. The van der Waals surface area contributed by atoms with Gasteiger partial charge < -0.3 is 9.88 Å². The molecule has 2 nitrogen and oxygen atoms in total. The van der Waals surface area contributed by atoms with Crippen LogP contribution in [0.5, 0.6) is 0 Å². The zero-order chi connectivity index (χ0) is 13.8. The van der Waals surface area contributed by atoms with E-state index in [0.29, 0.717) is 0 Å². The van der Waals surface area contributed by atoms with Crippen molar-refractivity contribution in [3.63, 3.8) is 0 Å². The Morgan fingerprint density at radius 2 is 1.95 bits per heavy atom. The van der Waals surface area contributed by atoms with Gasteiger partial charge in [-0.3, -0.25) is 0 Å². The Morgan fingerprint density at radius 1 is 1.15 bits per heavy atom. The van der Waals surface area contributed by atoms with Crippen LogP contribution < -0.4 is 5.32 Å². The van der Waals surface area contributed by atoms with Gasteiger partial charge in [-0.2, -0.15) is 0 Å². The summed E-state index contributed by atoms with van der Waals surface area (Å²) in [5.74, 6) is 0. The lowest BCUT2D eigenvalue weighted by Gasteiger charge is -2.22. The van der Waals surface area contributed by atoms with E-state index in [9.17, 15) is 0 Å². The molecule has 0 amide bonds. The first kappa shape index (κ1) is 13.7. The molecule has 0 atom stereocenters. The van der Waals surface area contributed by atoms with Crippen molar-refractivity contribution in [3.8, 4) is 0 Å². The summed E-state index contributed by atoms with van der Waals surface area (Å²) in [6.45, 7) is 4.48. The first-order valence-corrected chi connectivity index (χ1v) is 8.12. The molecule has 3 rings (SSSR count). The highest BCUT2D eigenvalue weighted by molar-refractivity contribution is 5.83. The molecule has 1 fully saturated rings. The average Bonchev–Trinajstić information content (AvgIpc) is 2.82. The summed E-state index contributed by atoms with van der Waals surface area (Å²) in [7, 11) is 0. The third kappa shape index (κ3) is 3.06.